The molecular weight excluding hydrogens is 286 g/mol. The number of aromatic nitrogens is 4. The Hall–Kier alpha value is -2.51. The topological polar surface area (TPSA) is 83.3 Å². The van der Waals surface area contributed by atoms with E-state index >= 15 is 0 Å². The second-order valence-electron chi connectivity index (χ2n) is 4.60. The summed E-state index contributed by atoms with van der Waals surface area (Å²) < 4.78 is 16.0. The maximum Gasteiger partial charge on any atom is 0.263 e. The summed E-state index contributed by atoms with van der Waals surface area (Å²) in [5.41, 5.74) is 0.960. The fourth-order valence-corrected chi connectivity index (χ4v) is 2.03. The third kappa shape index (κ3) is 3.57. The lowest BCUT2D eigenvalue weighted by molar-refractivity contribution is 0.324. The average molecular weight is 307 g/mol. The summed E-state index contributed by atoms with van der Waals surface area (Å²) >= 11 is 0. The highest BCUT2D eigenvalue weighted by atomic mass is 16.5. The number of hydrogen-bond acceptors (Lipinski definition) is 7. The van der Waals surface area contributed by atoms with Gasteiger partial charge in [0.05, 0.1) is 27.9 Å². The molecule has 8 nitrogen and oxygen atoms in total. The van der Waals surface area contributed by atoms with Gasteiger partial charge in [-0.25, -0.2) is 0 Å². The Labute approximate surface area is 129 Å². The number of benzene rings is 1. The summed E-state index contributed by atoms with van der Waals surface area (Å²) in [5.74, 6) is 2.28. The molecule has 0 aliphatic carbocycles. The number of hydrogen-bond donors (Lipinski definition) is 1. The van der Waals surface area contributed by atoms with Gasteiger partial charge in [-0.2, -0.15) is 4.80 Å². The zero-order valence-electron chi connectivity index (χ0n) is 13.3. The zero-order valence-corrected chi connectivity index (χ0v) is 13.3. The van der Waals surface area contributed by atoms with Crippen molar-refractivity contribution in [1.82, 2.24) is 20.2 Å². The van der Waals surface area contributed by atoms with Crippen LogP contribution in [0.2, 0.25) is 0 Å². The second-order valence-corrected chi connectivity index (χ2v) is 4.60. The molecule has 1 aromatic heterocycles. The minimum atomic E-state index is 0.488. The number of methoxy groups -OCH3 is 3. The van der Waals surface area contributed by atoms with Crippen LogP contribution in [0.3, 0.4) is 0 Å². The van der Waals surface area contributed by atoms with Crippen LogP contribution < -0.4 is 19.5 Å². The SMILES string of the molecule is CCCn1nnc(NCc2cc(OC)c(OC)c(OC)c2)n1. The highest BCUT2D eigenvalue weighted by Gasteiger charge is 2.13. The molecule has 0 amide bonds. The van der Waals surface area contributed by atoms with Crippen LogP contribution in [0.1, 0.15) is 18.9 Å². The molecule has 0 bridgehead atoms. The van der Waals surface area contributed by atoms with E-state index in [0.29, 0.717) is 29.7 Å². The highest BCUT2D eigenvalue weighted by molar-refractivity contribution is 5.54. The van der Waals surface area contributed by atoms with Gasteiger partial charge in [0.2, 0.25) is 5.75 Å². The maximum atomic E-state index is 5.33. The number of ether oxygens (including phenoxy) is 3. The Balaban J connectivity index is 2.11. The van der Waals surface area contributed by atoms with Crippen molar-refractivity contribution in [3.05, 3.63) is 17.7 Å². The van der Waals surface area contributed by atoms with Crippen LogP contribution in [0.25, 0.3) is 0 Å². The molecule has 2 aromatic rings. The summed E-state index contributed by atoms with van der Waals surface area (Å²) in [6.45, 7) is 3.33. The first kappa shape index (κ1) is 15.9. The predicted molar refractivity (Wildman–Crippen MR) is 81.5 cm³/mol. The summed E-state index contributed by atoms with van der Waals surface area (Å²) in [6, 6.07) is 3.76. The van der Waals surface area contributed by atoms with E-state index in [1.54, 1.807) is 26.1 Å². The molecule has 0 saturated heterocycles. The summed E-state index contributed by atoms with van der Waals surface area (Å²) in [7, 11) is 4.76. The highest BCUT2D eigenvalue weighted by Crippen LogP contribution is 2.38. The van der Waals surface area contributed by atoms with Gasteiger partial charge < -0.3 is 19.5 Å². The van der Waals surface area contributed by atoms with E-state index in [0.717, 1.165) is 18.5 Å². The Kier molecular flexibility index (Phi) is 5.40. The summed E-state index contributed by atoms with van der Waals surface area (Å²) in [6.07, 6.45) is 0.961. The van der Waals surface area contributed by atoms with Gasteiger partial charge in [-0.3, -0.25) is 0 Å². The summed E-state index contributed by atoms with van der Waals surface area (Å²) in [4.78, 5) is 1.57. The lowest BCUT2D eigenvalue weighted by Crippen LogP contribution is -2.04. The van der Waals surface area contributed by atoms with Gasteiger partial charge in [0.25, 0.3) is 5.95 Å². The van der Waals surface area contributed by atoms with Crippen molar-refractivity contribution in [2.75, 3.05) is 26.6 Å². The molecule has 1 heterocycles. The zero-order chi connectivity index (χ0) is 15.9. The number of nitrogens with zero attached hydrogens (tertiary/aromatic N) is 4. The molecule has 22 heavy (non-hydrogen) atoms. The van der Waals surface area contributed by atoms with Gasteiger partial charge in [-0.15, -0.1) is 5.10 Å². The number of nitrogens with one attached hydrogen (secondary N) is 1. The average Bonchev–Trinajstić information content (AvgIpc) is 2.99. The van der Waals surface area contributed by atoms with Crippen molar-refractivity contribution >= 4 is 5.95 Å². The Morgan fingerprint density at radius 1 is 1.09 bits per heavy atom. The molecule has 0 spiro atoms. The van der Waals surface area contributed by atoms with E-state index in [-0.39, 0.29) is 0 Å². The number of tetrazole rings is 1. The van der Waals surface area contributed by atoms with E-state index in [1.165, 1.54) is 0 Å². The van der Waals surface area contributed by atoms with E-state index in [4.69, 9.17) is 14.2 Å². The van der Waals surface area contributed by atoms with Crippen molar-refractivity contribution in [2.24, 2.45) is 0 Å². The molecule has 0 radical (unpaired) electrons. The molecule has 0 fully saturated rings. The molecule has 0 aliphatic rings. The van der Waals surface area contributed by atoms with Gasteiger partial charge in [0.15, 0.2) is 11.5 Å². The molecule has 1 aromatic carbocycles. The van der Waals surface area contributed by atoms with Gasteiger partial charge in [-0.1, -0.05) is 12.0 Å². The van der Waals surface area contributed by atoms with Crippen LogP contribution in [0, 0.1) is 0 Å². The lowest BCUT2D eigenvalue weighted by Gasteiger charge is -2.14. The minimum absolute atomic E-state index is 0.488. The Morgan fingerprint density at radius 3 is 2.32 bits per heavy atom. The van der Waals surface area contributed by atoms with Gasteiger partial charge in [-0.05, 0) is 29.3 Å². The normalized spacial score (nSPS) is 10.4. The molecule has 8 heteroatoms. The van der Waals surface area contributed by atoms with Crippen LogP contribution in [0.5, 0.6) is 17.2 Å². The van der Waals surface area contributed by atoms with Crippen molar-refractivity contribution < 1.29 is 14.2 Å². The Bertz CT molecular complexity index is 589. The predicted octanol–water partition coefficient (Wildman–Crippen LogP) is 1.72. The lowest BCUT2D eigenvalue weighted by atomic mass is 10.2. The van der Waals surface area contributed by atoms with Gasteiger partial charge in [0.1, 0.15) is 0 Å². The minimum Gasteiger partial charge on any atom is -0.493 e. The van der Waals surface area contributed by atoms with Crippen molar-refractivity contribution in [3.8, 4) is 17.2 Å². The van der Waals surface area contributed by atoms with Gasteiger partial charge >= 0.3 is 0 Å². The monoisotopic (exact) mass is 307 g/mol. The molecule has 0 atom stereocenters. The van der Waals surface area contributed by atoms with Crippen LogP contribution >= 0.6 is 0 Å². The van der Waals surface area contributed by atoms with Crippen LogP contribution in [-0.4, -0.2) is 41.5 Å². The molecule has 2 rings (SSSR count). The molecule has 0 aliphatic heterocycles. The molecule has 0 saturated carbocycles. The first-order valence-corrected chi connectivity index (χ1v) is 7.02. The van der Waals surface area contributed by atoms with Gasteiger partial charge in [0, 0.05) is 6.54 Å². The fraction of sp³-hybridized carbons (Fsp3) is 0.500. The van der Waals surface area contributed by atoms with Crippen LogP contribution in [0.15, 0.2) is 12.1 Å². The van der Waals surface area contributed by atoms with Crippen molar-refractivity contribution in [3.63, 3.8) is 0 Å². The third-order valence-electron chi connectivity index (χ3n) is 3.05. The number of anilines is 1. The number of rotatable bonds is 8. The van der Waals surface area contributed by atoms with Crippen molar-refractivity contribution in [1.29, 1.82) is 0 Å². The van der Waals surface area contributed by atoms with E-state index < -0.39 is 0 Å². The van der Waals surface area contributed by atoms with E-state index in [9.17, 15) is 0 Å². The Morgan fingerprint density at radius 2 is 1.77 bits per heavy atom. The molecular formula is C14H21N5O3. The molecule has 1 N–H and O–H groups in total. The van der Waals surface area contributed by atoms with Crippen LogP contribution in [-0.2, 0) is 13.1 Å². The standard InChI is InChI=1S/C14H21N5O3/c1-5-6-19-17-14(16-18-19)15-9-10-7-11(20-2)13(22-4)12(8-10)21-3/h7-8H,5-6,9H2,1-4H3,(H,15,17). The third-order valence-corrected chi connectivity index (χ3v) is 3.05. The molecule has 120 valence electrons. The summed E-state index contributed by atoms with van der Waals surface area (Å²) in [5, 5.41) is 15.3. The first-order chi connectivity index (χ1) is 10.7. The van der Waals surface area contributed by atoms with Crippen molar-refractivity contribution in [2.45, 2.75) is 26.4 Å². The quantitative estimate of drug-likeness (QED) is 0.795. The maximum absolute atomic E-state index is 5.33. The molecule has 0 unspecified atom stereocenters. The smallest absolute Gasteiger partial charge is 0.263 e. The largest absolute Gasteiger partial charge is 0.493 e. The number of aryl methyl sites for hydroxylation is 1. The van der Waals surface area contributed by atoms with E-state index in [1.807, 2.05) is 12.1 Å². The second kappa shape index (κ2) is 7.48. The first-order valence-electron chi connectivity index (χ1n) is 7.02. The van der Waals surface area contributed by atoms with Crippen LogP contribution in [0.4, 0.5) is 5.95 Å². The van der Waals surface area contributed by atoms with E-state index in [2.05, 4.69) is 27.7 Å². The fourth-order valence-electron chi connectivity index (χ4n) is 2.03.